The summed E-state index contributed by atoms with van der Waals surface area (Å²) in [4.78, 5) is 10.0. The van der Waals surface area contributed by atoms with Crippen LogP contribution in [0.4, 0.5) is 0 Å². The van der Waals surface area contributed by atoms with E-state index in [1.54, 1.807) is 0 Å². The first-order valence-electron chi connectivity index (χ1n) is 17.2. The van der Waals surface area contributed by atoms with Gasteiger partial charge >= 0.3 is 0 Å². The molecule has 10 aromatic rings. The topological polar surface area (TPSA) is 38.9 Å². The number of nitrogens with zero attached hydrogens (tertiary/aromatic N) is 2. The molecule has 3 heteroatoms. The summed E-state index contributed by atoms with van der Waals surface area (Å²) in [5.41, 5.74) is 11.3. The maximum absolute atomic E-state index is 6.68. The molecule has 0 radical (unpaired) electrons. The Bertz CT molecular complexity index is 2830. The molecule has 0 aliphatic rings. The number of aromatic nitrogens is 2. The van der Waals surface area contributed by atoms with Gasteiger partial charge in [0.05, 0.1) is 11.4 Å². The maximum Gasteiger partial charge on any atom is 0.160 e. The number of benzene rings is 8. The Labute approximate surface area is 295 Å². The van der Waals surface area contributed by atoms with Crippen LogP contribution in [0.1, 0.15) is 0 Å². The summed E-state index contributed by atoms with van der Waals surface area (Å²) < 4.78 is 6.68. The molecule has 3 nitrogen and oxygen atoms in total. The van der Waals surface area contributed by atoms with E-state index in [2.05, 4.69) is 146 Å². The Morgan fingerprint density at radius 3 is 1.73 bits per heavy atom. The van der Waals surface area contributed by atoms with Crippen LogP contribution in [0, 0.1) is 0 Å². The number of furan rings is 1. The highest BCUT2D eigenvalue weighted by molar-refractivity contribution is 6.22. The van der Waals surface area contributed by atoms with E-state index in [1.807, 2.05) is 36.4 Å². The van der Waals surface area contributed by atoms with Gasteiger partial charge in [0.25, 0.3) is 0 Å². The summed E-state index contributed by atoms with van der Waals surface area (Å²) in [5.74, 6) is 0.708. The van der Waals surface area contributed by atoms with Crippen molar-refractivity contribution in [3.8, 4) is 56.2 Å². The van der Waals surface area contributed by atoms with Crippen molar-refractivity contribution >= 4 is 43.5 Å². The van der Waals surface area contributed by atoms with Crippen LogP contribution in [-0.4, -0.2) is 9.97 Å². The average Bonchev–Trinajstić information content (AvgIpc) is 3.60. The fourth-order valence-corrected chi connectivity index (χ4v) is 7.37. The van der Waals surface area contributed by atoms with Crippen molar-refractivity contribution in [2.24, 2.45) is 0 Å². The number of hydrogen-bond acceptors (Lipinski definition) is 3. The minimum atomic E-state index is 0.708. The van der Waals surface area contributed by atoms with E-state index in [0.29, 0.717) is 5.82 Å². The van der Waals surface area contributed by atoms with Crippen LogP contribution in [0.3, 0.4) is 0 Å². The molecule has 0 fully saturated rings. The van der Waals surface area contributed by atoms with Gasteiger partial charge < -0.3 is 4.42 Å². The van der Waals surface area contributed by atoms with Crippen LogP contribution in [0.2, 0.25) is 0 Å². The van der Waals surface area contributed by atoms with Crippen molar-refractivity contribution in [2.45, 2.75) is 0 Å². The molecule has 0 unspecified atom stereocenters. The lowest BCUT2D eigenvalue weighted by atomic mass is 9.92. The Balaban J connectivity index is 1.12. The Kier molecular flexibility index (Phi) is 6.81. The van der Waals surface area contributed by atoms with Crippen molar-refractivity contribution in [1.29, 1.82) is 0 Å². The molecule has 2 heterocycles. The van der Waals surface area contributed by atoms with E-state index in [-0.39, 0.29) is 0 Å². The molecule has 2 aromatic heterocycles. The summed E-state index contributed by atoms with van der Waals surface area (Å²) in [6.45, 7) is 0. The smallest absolute Gasteiger partial charge is 0.160 e. The van der Waals surface area contributed by atoms with E-state index in [0.717, 1.165) is 66.5 Å². The van der Waals surface area contributed by atoms with Crippen molar-refractivity contribution in [3.05, 3.63) is 182 Å². The second-order valence-corrected chi connectivity index (χ2v) is 13.0. The third-order valence-corrected chi connectivity index (χ3v) is 9.88. The molecule has 0 N–H and O–H groups in total. The minimum Gasteiger partial charge on any atom is -0.455 e. The molecule has 0 saturated carbocycles. The molecule has 0 atom stereocenters. The molecule has 8 aromatic carbocycles. The first-order valence-corrected chi connectivity index (χ1v) is 17.2. The van der Waals surface area contributed by atoms with Crippen molar-refractivity contribution in [1.82, 2.24) is 9.97 Å². The highest BCUT2D eigenvalue weighted by atomic mass is 16.3. The molecule has 0 aliphatic heterocycles. The summed E-state index contributed by atoms with van der Waals surface area (Å²) in [5, 5.41) is 6.99. The lowest BCUT2D eigenvalue weighted by Gasteiger charge is -2.11. The van der Waals surface area contributed by atoms with Crippen LogP contribution in [0.25, 0.3) is 99.6 Å². The minimum absolute atomic E-state index is 0.708. The molecule has 0 amide bonds. The van der Waals surface area contributed by atoms with Crippen LogP contribution < -0.4 is 0 Å². The SMILES string of the molecule is c1ccc(-c2cc(-c3ccc(-c4cccc5oc6c7ccccc7c(-c7ccc8ccccc8c7)cc6c45)cc3)nc(-c3ccccc3)n2)cc1. The first-order chi connectivity index (χ1) is 25.3. The predicted molar refractivity (Wildman–Crippen MR) is 212 cm³/mol. The Morgan fingerprint density at radius 2 is 0.961 bits per heavy atom. The van der Waals surface area contributed by atoms with E-state index in [9.17, 15) is 0 Å². The van der Waals surface area contributed by atoms with Gasteiger partial charge in [-0.05, 0) is 62.7 Å². The molecule has 238 valence electrons. The van der Waals surface area contributed by atoms with Crippen molar-refractivity contribution < 1.29 is 4.42 Å². The number of hydrogen-bond donors (Lipinski definition) is 0. The zero-order valence-electron chi connectivity index (χ0n) is 27.6. The van der Waals surface area contributed by atoms with Gasteiger partial charge in [0, 0.05) is 32.8 Å². The summed E-state index contributed by atoms with van der Waals surface area (Å²) in [7, 11) is 0. The second kappa shape index (κ2) is 11.9. The van der Waals surface area contributed by atoms with E-state index >= 15 is 0 Å². The molecule has 51 heavy (non-hydrogen) atoms. The van der Waals surface area contributed by atoms with Gasteiger partial charge in [0.1, 0.15) is 11.2 Å². The quantitative estimate of drug-likeness (QED) is 0.186. The first kappa shape index (κ1) is 29.1. The lowest BCUT2D eigenvalue weighted by molar-refractivity contribution is 0.673. The normalized spacial score (nSPS) is 11.5. The zero-order valence-corrected chi connectivity index (χ0v) is 27.6. The largest absolute Gasteiger partial charge is 0.455 e. The van der Waals surface area contributed by atoms with Crippen molar-refractivity contribution in [2.75, 3.05) is 0 Å². The molecule has 0 bridgehead atoms. The highest BCUT2D eigenvalue weighted by Crippen LogP contribution is 2.43. The number of rotatable bonds is 5. The Hall–Kier alpha value is -6.84. The van der Waals surface area contributed by atoms with E-state index in [4.69, 9.17) is 14.4 Å². The van der Waals surface area contributed by atoms with Crippen LogP contribution in [-0.2, 0) is 0 Å². The van der Waals surface area contributed by atoms with Gasteiger partial charge in [-0.2, -0.15) is 0 Å². The molecule has 0 spiro atoms. The highest BCUT2D eigenvalue weighted by Gasteiger charge is 2.18. The third kappa shape index (κ3) is 5.06. The van der Waals surface area contributed by atoms with Gasteiger partial charge in [-0.3, -0.25) is 0 Å². The summed E-state index contributed by atoms with van der Waals surface area (Å²) in [6.07, 6.45) is 0. The average molecular weight is 651 g/mol. The zero-order chi connectivity index (χ0) is 33.7. The van der Waals surface area contributed by atoms with Gasteiger partial charge in [-0.1, -0.05) is 158 Å². The monoisotopic (exact) mass is 650 g/mol. The molecular formula is C48H30N2O. The summed E-state index contributed by atoms with van der Waals surface area (Å²) in [6, 6.07) is 63.8. The van der Waals surface area contributed by atoms with E-state index in [1.165, 1.54) is 27.3 Å². The van der Waals surface area contributed by atoms with Crippen LogP contribution >= 0.6 is 0 Å². The lowest BCUT2D eigenvalue weighted by Crippen LogP contribution is -1.95. The Morgan fingerprint density at radius 1 is 0.353 bits per heavy atom. The predicted octanol–water partition coefficient (Wildman–Crippen LogP) is 13.0. The van der Waals surface area contributed by atoms with Gasteiger partial charge in [0.15, 0.2) is 5.82 Å². The van der Waals surface area contributed by atoms with Gasteiger partial charge in [-0.25, -0.2) is 9.97 Å². The fraction of sp³-hybridized carbons (Fsp3) is 0. The summed E-state index contributed by atoms with van der Waals surface area (Å²) >= 11 is 0. The molecular weight excluding hydrogens is 621 g/mol. The van der Waals surface area contributed by atoms with E-state index < -0.39 is 0 Å². The van der Waals surface area contributed by atoms with Gasteiger partial charge in [-0.15, -0.1) is 0 Å². The van der Waals surface area contributed by atoms with Gasteiger partial charge in [0.2, 0.25) is 0 Å². The number of fused-ring (bicyclic) bond motifs is 6. The standard InChI is InChI=1S/C48H30N2O/c1-3-13-33(14-4-1)43-30-44(50-48(49-43)35-15-5-2-6-16-35)34-25-23-32(24-26-34)38-20-11-21-45-46(38)42-29-41(39-18-9-10-19-40(39)47(42)51-45)37-27-22-31-12-7-8-17-36(31)28-37/h1-30H. The third-order valence-electron chi connectivity index (χ3n) is 9.88. The van der Waals surface area contributed by atoms with Crippen LogP contribution in [0.15, 0.2) is 186 Å². The van der Waals surface area contributed by atoms with Crippen molar-refractivity contribution in [3.63, 3.8) is 0 Å². The fourth-order valence-electron chi connectivity index (χ4n) is 7.37. The second-order valence-electron chi connectivity index (χ2n) is 13.0. The molecule has 0 saturated heterocycles. The maximum atomic E-state index is 6.68. The van der Waals surface area contributed by atoms with Crippen LogP contribution in [0.5, 0.6) is 0 Å². The molecule has 0 aliphatic carbocycles. The molecule has 10 rings (SSSR count).